The third-order valence-corrected chi connectivity index (χ3v) is 8.41. The average Bonchev–Trinajstić information content (AvgIpc) is 2.96. The SMILES string of the molecule is Cc1cccc2c1B1c3nccc(C(C)(C)C)c3N(c3ccccc3)c3nc(C(C)(C)C)nc(c31)N2c1ccccc1. The first kappa shape index (κ1) is 26.5. The zero-order valence-corrected chi connectivity index (χ0v) is 25.5. The molecule has 0 N–H and O–H groups in total. The molecule has 0 spiro atoms. The second-order valence-corrected chi connectivity index (χ2v) is 13.5. The van der Waals surface area contributed by atoms with Gasteiger partial charge in [0.15, 0.2) is 0 Å². The van der Waals surface area contributed by atoms with Crippen molar-refractivity contribution >= 4 is 57.6 Å². The Kier molecular flexibility index (Phi) is 5.85. The summed E-state index contributed by atoms with van der Waals surface area (Å²) in [6, 6.07) is 30.0. The van der Waals surface area contributed by atoms with Gasteiger partial charge in [-0.15, -0.1) is 0 Å². The fourth-order valence-corrected chi connectivity index (χ4v) is 6.44. The van der Waals surface area contributed by atoms with Crippen molar-refractivity contribution in [3.8, 4) is 0 Å². The fourth-order valence-electron chi connectivity index (χ4n) is 6.44. The Morgan fingerprint density at radius 2 is 1.21 bits per heavy atom. The standard InChI is InChI=1S/C36H36BN5/c1-23-15-14-20-27-28(23)37-29-32(41(27)24-16-10-8-11-17-24)39-34(36(5,6)7)40-33(29)42(25-18-12-9-13-19-25)30-26(35(2,3)4)21-22-38-31(30)37/h8-22H,1-7H3. The number of pyridine rings is 1. The molecule has 6 heteroatoms. The van der Waals surface area contributed by atoms with Crippen molar-refractivity contribution in [1.82, 2.24) is 15.0 Å². The summed E-state index contributed by atoms with van der Waals surface area (Å²) < 4.78 is 0. The molecular weight excluding hydrogens is 513 g/mol. The van der Waals surface area contributed by atoms with Gasteiger partial charge in [0.1, 0.15) is 17.5 Å². The third-order valence-electron chi connectivity index (χ3n) is 8.41. The van der Waals surface area contributed by atoms with E-state index in [-0.39, 0.29) is 17.5 Å². The van der Waals surface area contributed by atoms with Crippen LogP contribution in [0.4, 0.5) is 34.4 Å². The molecule has 208 valence electrons. The maximum atomic E-state index is 5.45. The quantitative estimate of drug-likeness (QED) is 0.221. The Hall–Kier alpha value is -4.45. The molecule has 5 aromatic rings. The van der Waals surface area contributed by atoms with Crippen LogP contribution in [0.2, 0.25) is 0 Å². The molecule has 0 amide bonds. The van der Waals surface area contributed by atoms with Gasteiger partial charge in [-0.05, 0) is 59.8 Å². The second-order valence-electron chi connectivity index (χ2n) is 13.5. The van der Waals surface area contributed by atoms with Crippen molar-refractivity contribution in [2.24, 2.45) is 0 Å². The van der Waals surface area contributed by atoms with E-state index >= 15 is 0 Å². The highest BCUT2D eigenvalue weighted by atomic mass is 15.3. The highest BCUT2D eigenvalue weighted by Crippen LogP contribution is 2.45. The summed E-state index contributed by atoms with van der Waals surface area (Å²) in [5, 5.41) is 0. The van der Waals surface area contributed by atoms with E-state index in [1.54, 1.807) is 0 Å². The zero-order chi connectivity index (χ0) is 29.4. The lowest BCUT2D eigenvalue weighted by Crippen LogP contribution is -2.64. The van der Waals surface area contributed by atoms with Gasteiger partial charge in [0.05, 0.1) is 5.69 Å². The van der Waals surface area contributed by atoms with E-state index in [0.29, 0.717) is 0 Å². The maximum Gasteiger partial charge on any atom is 0.279 e. The molecule has 5 nitrogen and oxygen atoms in total. The number of nitrogens with zero attached hydrogens (tertiary/aromatic N) is 5. The van der Waals surface area contributed by atoms with Crippen LogP contribution < -0.4 is 26.3 Å². The highest BCUT2D eigenvalue weighted by Gasteiger charge is 2.48. The first-order valence-electron chi connectivity index (χ1n) is 14.8. The van der Waals surface area contributed by atoms with E-state index in [1.165, 1.54) is 16.6 Å². The minimum Gasteiger partial charge on any atom is -0.296 e. The molecule has 7 rings (SSSR count). The topological polar surface area (TPSA) is 45.2 Å². The Morgan fingerprint density at radius 3 is 1.81 bits per heavy atom. The molecular formula is C36H36BN5. The first-order valence-corrected chi connectivity index (χ1v) is 14.8. The summed E-state index contributed by atoms with van der Waals surface area (Å²) in [7, 11) is 0. The lowest BCUT2D eigenvalue weighted by atomic mass is 9.34. The van der Waals surface area contributed by atoms with Crippen LogP contribution in [0.5, 0.6) is 0 Å². The molecule has 0 saturated carbocycles. The Bertz CT molecular complexity index is 1820. The predicted octanol–water partition coefficient (Wildman–Crippen LogP) is 6.86. The highest BCUT2D eigenvalue weighted by molar-refractivity contribution is 7.00. The van der Waals surface area contributed by atoms with E-state index in [0.717, 1.165) is 51.3 Å². The maximum absolute atomic E-state index is 5.45. The first-order chi connectivity index (χ1) is 20.1. The molecule has 3 aromatic carbocycles. The van der Waals surface area contributed by atoms with Gasteiger partial charge in [0.2, 0.25) is 0 Å². The minimum atomic E-state index is -0.263. The molecule has 2 aliphatic rings. The number of anilines is 6. The molecule has 0 unspecified atom stereocenters. The Morgan fingerprint density at radius 1 is 0.619 bits per heavy atom. The van der Waals surface area contributed by atoms with E-state index in [9.17, 15) is 0 Å². The van der Waals surface area contributed by atoms with Crippen LogP contribution in [0.25, 0.3) is 0 Å². The van der Waals surface area contributed by atoms with Crippen molar-refractivity contribution in [2.45, 2.75) is 59.3 Å². The van der Waals surface area contributed by atoms with E-state index in [2.05, 4.69) is 143 Å². The van der Waals surface area contributed by atoms with Gasteiger partial charge in [-0.3, -0.25) is 14.8 Å². The van der Waals surface area contributed by atoms with Crippen molar-refractivity contribution in [2.75, 3.05) is 9.80 Å². The van der Waals surface area contributed by atoms with Crippen molar-refractivity contribution in [3.05, 3.63) is 108 Å². The monoisotopic (exact) mass is 549 g/mol. The molecule has 0 saturated heterocycles. The fraction of sp³-hybridized carbons (Fsp3) is 0.250. The largest absolute Gasteiger partial charge is 0.296 e. The summed E-state index contributed by atoms with van der Waals surface area (Å²) in [5.74, 6) is 2.67. The smallest absolute Gasteiger partial charge is 0.279 e. The number of aromatic nitrogens is 3. The molecule has 4 heterocycles. The molecule has 0 fully saturated rings. The van der Waals surface area contributed by atoms with E-state index in [1.807, 2.05) is 6.20 Å². The molecule has 2 aromatic heterocycles. The average molecular weight is 550 g/mol. The summed E-state index contributed by atoms with van der Waals surface area (Å²) >= 11 is 0. The van der Waals surface area contributed by atoms with Crippen LogP contribution >= 0.6 is 0 Å². The number of hydrogen-bond acceptors (Lipinski definition) is 5. The number of fused-ring (bicyclic) bond motifs is 4. The van der Waals surface area contributed by atoms with Crippen molar-refractivity contribution in [1.29, 1.82) is 0 Å². The molecule has 2 aliphatic heterocycles. The molecule has 0 bridgehead atoms. The molecule has 0 radical (unpaired) electrons. The van der Waals surface area contributed by atoms with Crippen LogP contribution in [0.15, 0.2) is 91.1 Å². The van der Waals surface area contributed by atoms with Crippen LogP contribution in [0.3, 0.4) is 0 Å². The molecule has 0 aliphatic carbocycles. The van der Waals surface area contributed by atoms with E-state index in [4.69, 9.17) is 15.0 Å². The summed E-state index contributed by atoms with van der Waals surface area (Å²) in [6.07, 6.45) is 1.99. The number of aryl methyl sites for hydroxylation is 1. The van der Waals surface area contributed by atoms with E-state index < -0.39 is 0 Å². The van der Waals surface area contributed by atoms with Gasteiger partial charge in [-0.2, -0.15) is 0 Å². The van der Waals surface area contributed by atoms with Crippen LogP contribution in [0.1, 0.15) is 58.5 Å². The zero-order valence-electron chi connectivity index (χ0n) is 25.5. The molecule has 0 atom stereocenters. The lowest BCUT2D eigenvalue weighted by Gasteiger charge is -2.44. The summed E-state index contributed by atoms with van der Waals surface area (Å²) in [6.45, 7) is 15.5. The van der Waals surface area contributed by atoms with Gasteiger partial charge in [-0.25, -0.2) is 9.97 Å². The van der Waals surface area contributed by atoms with Gasteiger partial charge >= 0.3 is 0 Å². The van der Waals surface area contributed by atoms with Gasteiger partial charge in [0, 0.05) is 39.7 Å². The Labute approximate surface area is 249 Å². The predicted molar refractivity (Wildman–Crippen MR) is 176 cm³/mol. The Balaban J connectivity index is 1.68. The van der Waals surface area contributed by atoms with Crippen LogP contribution in [0, 0.1) is 6.92 Å². The van der Waals surface area contributed by atoms with Gasteiger partial charge in [0.25, 0.3) is 6.71 Å². The van der Waals surface area contributed by atoms with Crippen molar-refractivity contribution in [3.63, 3.8) is 0 Å². The number of rotatable bonds is 2. The lowest BCUT2D eigenvalue weighted by molar-refractivity contribution is 0.546. The summed E-state index contributed by atoms with van der Waals surface area (Å²) in [5.41, 5.74) is 9.94. The van der Waals surface area contributed by atoms with Crippen LogP contribution in [-0.4, -0.2) is 21.7 Å². The summed E-state index contributed by atoms with van der Waals surface area (Å²) in [4.78, 5) is 20.7. The number of benzene rings is 3. The van der Waals surface area contributed by atoms with Gasteiger partial charge in [-0.1, -0.05) is 95.6 Å². The number of para-hydroxylation sites is 2. The third kappa shape index (κ3) is 3.96. The minimum absolute atomic E-state index is 0.0996. The van der Waals surface area contributed by atoms with Crippen molar-refractivity contribution < 1.29 is 0 Å². The normalized spacial score (nSPS) is 13.9. The van der Waals surface area contributed by atoms with Crippen LogP contribution in [-0.2, 0) is 10.8 Å². The number of hydrogen-bond donors (Lipinski definition) is 0. The molecule has 42 heavy (non-hydrogen) atoms. The second kappa shape index (κ2) is 9.28. The van der Waals surface area contributed by atoms with Gasteiger partial charge < -0.3 is 0 Å².